The number of nitrogens with two attached hydrogens (primary N) is 1. The molecule has 0 aliphatic carbocycles. The average molecular weight is 222 g/mol. The lowest BCUT2D eigenvalue weighted by atomic mass is 10.1. The van der Waals surface area contributed by atoms with Crippen LogP contribution >= 0.6 is 0 Å². The van der Waals surface area contributed by atoms with Crippen molar-refractivity contribution in [3.05, 3.63) is 35.1 Å². The largest absolute Gasteiger partial charge is 0.375 e. The maximum atomic E-state index is 13.6. The van der Waals surface area contributed by atoms with E-state index in [0.29, 0.717) is 12.2 Å². The Kier molecular flexibility index (Phi) is 3.99. The van der Waals surface area contributed by atoms with E-state index < -0.39 is 11.4 Å². The molecule has 86 valence electrons. The summed E-state index contributed by atoms with van der Waals surface area (Å²) in [5.41, 5.74) is 5.69. The summed E-state index contributed by atoms with van der Waals surface area (Å²) in [5.74, 6) is -0.514. The molecule has 0 spiro atoms. The Hall–Kier alpha value is -1.44. The molecule has 4 heteroatoms. The van der Waals surface area contributed by atoms with Gasteiger partial charge in [-0.05, 0) is 19.9 Å². The zero-order valence-corrected chi connectivity index (χ0v) is 9.46. The standard InChI is InChI=1S/C12H15FN2O/c1-12(2,15)8-16-7-10-5-3-4-9(6-14)11(10)13/h3-5H,7-8,15H2,1-2H3. The van der Waals surface area contributed by atoms with Crippen molar-refractivity contribution in [1.29, 1.82) is 5.26 Å². The highest BCUT2D eigenvalue weighted by Gasteiger charge is 2.12. The lowest BCUT2D eigenvalue weighted by Crippen LogP contribution is -2.37. The minimum Gasteiger partial charge on any atom is -0.375 e. The lowest BCUT2D eigenvalue weighted by molar-refractivity contribution is 0.0832. The van der Waals surface area contributed by atoms with E-state index in [1.807, 2.05) is 13.8 Å². The Morgan fingerprint density at radius 2 is 2.19 bits per heavy atom. The molecule has 0 bridgehead atoms. The predicted octanol–water partition coefficient (Wildman–Crippen LogP) is 1.95. The maximum Gasteiger partial charge on any atom is 0.146 e. The van der Waals surface area contributed by atoms with Gasteiger partial charge in [0.1, 0.15) is 11.9 Å². The number of nitriles is 1. The third-order valence-corrected chi connectivity index (χ3v) is 1.93. The summed E-state index contributed by atoms with van der Waals surface area (Å²) in [6.07, 6.45) is 0. The molecule has 0 aromatic heterocycles. The highest BCUT2D eigenvalue weighted by atomic mass is 19.1. The first-order valence-electron chi connectivity index (χ1n) is 4.98. The van der Waals surface area contributed by atoms with Crippen LogP contribution in [0, 0.1) is 17.1 Å². The number of benzene rings is 1. The van der Waals surface area contributed by atoms with Gasteiger partial charge in [0.05, 0.1) is 18.8 Å². The van der Waals surface area contributed by atoms with Crippen molar-refractivity contribution in [3.8, 4) is 6.07 Å². The van der Waals surface area contributed by atoms with Gasteiger partial charge >= 0.3 is 0 Å². The van der Waals surface area contributed by atoms with Crippen LogP contribution in [0.25, 0.3) is 0 Å². The van der Waals surface area contributed by atoms with Crippen LogP contribution in [-0.4, -0.2) is 12.1 Å². The molecule has 1 aromatic rings. The summed E-state index contributed by atoms with van der Waals surface area (Å²) in [7, 11) is 0. The van der Waals surface area contributed by atoms with E-state index in [9.17, 15) is 4.39 Å². The van der Waals surface area contributed by atoms with E-state index in [2.05, 4.69) is 0 Å². The smallest absolute Gasteiger partial charge is 0.146 e. The predicted molar refractivity (Wildman–Crippen MR) is 59.0 cm³/mol. The quantitative estimate of drug-likeness (QED) is 0.847. The van der Waals surface area contributed by atoms with Crippen molar-refractivity contribution < 1.29 is 9.13 Å². The zero-order valence-electron chi connectivity index (χ0n) is 9.46. The first kappa shape index (κ1) is 12.6. The van der Waals surface area contributed by atoms with Gasteiger partial charge in [0.15, 0.2) is 0 Å². The molecule has 0 saturated carbocycles. The molecule has 0 amide bonds. The molecule has 1 rings (SSSR count). The number of hydrogen-bond acceptors (Lipinski definition) is 3. The van der Waals surface area contributed by atoms with Gasteiger partial charge in [0.25, 0.3) is 0 Å². The van der Waals surface area contributed by atoms with E-state index in [4.69, 9.17) is 15.7 Å². The summed E-state index contributed by atoms with van der Waals surface area (Å²) in [6, 6.07) is 6.45. The molecule has 0 heterocycles. The van der Waals surface area contributed by atoms with Crippen LogP contribution in [0.2, 0.25) is 0 Å². The number of ether oxygens (including phenoxy) is 1. The van der Waals surface area contributed by atoms with Crippen LogP contribution in [0.1, 0.15) is 25.0 Å². The number of halogens is 1. The SMILES string of the molecule is CC(C)(N)COCc1cccc(C#N)c1F. The average Bonchev–Trinajstić information content (AvgIpc) is 2.19. The monoisotopic (exact) mass is 222 g/mol. The van der Waals surface area contributed by atoms with Gasteiger partial charge in [-0.1, -0.05) is 12.1 Å². The van der Waals surface area contributed by atoms with Gasteiger partial charge in [0.2, 0.25) is 0 Å². The minimum atomic E-state index is -0.514. The lowest BCUT2D eigenvalue weighted by Gasteiger charge is -2.18. The van der Waals surface area contributed by atoms with Crippen molar-refractivity contribution in [3.63, 3.8) is 0 Å². The molecular formula is C12H15FN2O. The number of rotatable bonds is 4. The van der Waals surface area contributed by atoms with Crippen LogP contribution in [-0.2, 0) is 11.3 Å². The van der Waals surface area contributed by atoms with Gasteiger partial charge in [-0.3, -0.25) is 0 Å². The van der Waals surface area contributed by atoms with Gasteiger partial charge in [0, 0.05) is 11.1 Å². The van der Waals surface area contributed by atoms with Gasteiger partial charge in [-0.2, -0.15) is 5.26 Å². The van der Waals surface area contributed by atoms with Crippen molar-refractivity contribution in [2.45, 2.75) is 26.0 Å². The van der Waals surface area contributed by atoms with E-state index in [1.54, 1.807) is 18.2 Å². The van der Waals surface area contributed by atoms with E-state index in [0.717, 1.165) is 0 Å². The summed E-state index contributed by atoms with van der Waals surface area (Å²) in [4.78, 5) is 0. The third kappa shape index (κ3) is 3.61. The maximum absolute atomic E-state index is 13.6. The summed E-state index contributed by atoms with van der Waals surface area (Å²) in [6.45, 7) is 4.12. The first-order chi connectivity index (χ1) is 7.44. The van der Waals surface area contributed by atoms with Crippen LogP contribution in [0.3, 0.4) is 0 Å². The molecule has 3 nitrogen and oxygen atoms in total. The highest BCUT2D eigenvalue weighted by molar-refractivity contribution is 5.34. The number of hydrogen-bond donors (Lipinski definition) is 1. The second-order valence-electron chi connectivity index (χ2n) is 4.37. The molecule has 2 N–H and O–H groups in total. The number of nitrogens with zero attached hydrogens (tertiary/aromatic N) is 1. The summed E-state index contributed by atoms with van der Waals surface area (Å²) >= 11 is 0. The van der Waals surface area contributed by atoms with Crippen molar-refractivity contribution >= 4 is 0 Å². The first-order valence-corrected chi connectivity index (χ1v) is 4.98. The fourth-order valence-corrected chi connectivity index (χ4v) is 1.20. The van der Waals surface area contributed by atoms with Crippen molar-refractivity contribution in [2.24, 2.45) is 5.73 Å². The zero-order chi connectivity index (χ0) is 12.2. The summed E-state index contributed by atoms with van der Waals surface area (Å²) < 4.78 is 18.8. The topological polar surface area (TPSA) is 59.0 Å². The van der Waals surface area contributed by atoms with Crippen LogP contribution < -0.4 is 5.73 Å². The third-order valence-electron chi connectivity index (χ3n) is 1.93. The van der Waals surface area contributed by atoms with Crippen molar-refractivity contribution in [2.75, 3.05) is 6.61 Å². The van der Waals surface area contributed by atoms with Gasteiger partial charge in [-0.15, -0.1) is 0 Å². The molecule has 0 aliphatic heterocycles. The Morgan fingerprint density at radius 1 is 1.50 bits per heavy atom. The Labute approximate surface area is 94.6 Å². The van der Waals surface area contributed by atoms with Crippen LogP contribution in [0.5, 0.6) is 0 Å². The molecule has 1 aromatic carbocycles. The molecule has 0 atom stereocenters. The van der Waals surface area contributed by atoms with Gasteiger partial charge in [-0.25, -0.2) is 4.39 Å². The van der Waals surface area contributed by atoms with E-state index in [-0.39, 0.29) is 12.2 Å². The molecule has 0 saturated heterocycles. The van der Waals surface area contributed by atoms with Crippen LogP contribution in [0.15, 0.2) is 18.2 Å². The fraction of sp³-hybridized carbons (Fsp3) is 0.417. The Balaban J connectivity index is 2.65. The fourth-order valence-electron chi connectivity index (χ4n) is 1.20. The molecule has 0 aliphatic rings. The Morgan fingerprint density at radius 3 is 2.75 bits per heavy atom. The molecule has 16 heavy (non-hydrogen) atoms. The second-order valence-corrected chi connectivity index (χ2v) is 4.37. The van der Waals surface area contributed by atoms with Crippen LogP contribution in [0.4, 0.5) is 4.39 Å². The van der Waals surface area contributed by atoms with Crippen molar-refractivity contribution in [1.82, 2.24) is 0 Å². The van der Waals surface area contributed by atoms with Gasteiger partial charge < -0.3 is 10.5 Å². The highest BCUT2D eigenvalue weighted by Crippen LogP contribution is 2.13. The Bertz CT molecular complexity index is 404. The summed E-state index contributed by atoms with van der Waals surface area (Å²) in [5, 5.41) is 8.65. The molecule has 0 fully saturated rings. The molecule has 0 radical (unpaired) electrons. The molecule has 0 unspecified atom stereocenters. The normalized spacial score (nSPS) is 11.2. The van der Waals surface area contributed by atoms with E-state index in [1.165, 1.54) is 6.07 Å². The molecular weight excluding hydrogens is 207 g/mol. The second kappa shape index (κ2) is 5.06. The van der Waals surface area contributed by atoms with E-state index >= 15 is 0 Å². The minimum absolute atomic E-state index is 0.0353.